The molecule has 1 saturated carbocycles. The van der Waals surface area contributed by atoms with E-state index in [0.717, 1.165) is 31.0 Å². The van der Waals surface area contributed by atoms with Gasteiger partial charge in [0.05, 0.1) is 0 Å². The molecule has 2 fully saturated rings. The summed E-state index contributed by atoms with van der Waals surface area (Å²) < 4.78 is 2.62. The first-order valence-electron chi connectivity index (χ1n) is 12.4. The van der Waals surface area contributed by atoms with E-state index in [1.54, 1.807) is 0 Å². The van der Waals surface area contributed by atoms with Crippen molar-refractivity contribution >= 4 is 10.9 Å². The number of hydrogen-bond acceptors (Lipinski definition) is 2. The van der Waals surface area contributed by atoms with Gasteiger partial charge < -0.3 is 14.4 Å². The molecule has 0 N–H and O–H groups in total. The highest BCUT2D eigenvalue weighted by Gasteiger charge is 2.30. The molecule has 0 amide bonds. The smallest absolute Gasteiger partial charge is 0.0486 e. The Morgan fingerprint density at radius 3 is 2.37 bits per heavy atom. The first kappa shape index (κ1) is 20.2. The monoisotopic (exact) mass is 405 g/mol. The van der Waals surface area contributed by atoms with Gasteiger partial charge >= 0.3 is 0 Å². The van der Waals surface area contributed by atoms with Crippen LogP contribution in [-0.4, -0.2) is 40.0 Å². The van der Waals surface area contributed by atoms with Crippen molar-refractivity contribution in [3.05, 3.63) is 48.3 Å². The van der Waals surface area contributed by atoms with Crippen molar-refractivity contribution in [2.75, 3.05) is 19.6 Å². The van der Waals surface area contributed by atoms with Gasteiger partial charge in [0.2, 0.25) is 0 Å². The summed E-state index contributed by atoms with van der Waals surface area (Å²) in [7, 11) is 0. The largest absolute Gasteiger partial charge is 0.373 e. The maximum absolute atomic E-state index is 2.83. The summed E-state index contributed by atoms with van der Waals surface area (Å²) in [5.41, 5.74) is 2.93. The number of benzene rings is 1. The number of likely N-dealkylation sites (tertiary alicyclic amines) is 1. The van der Waals surface area contributed by atoms with Crippen LogP contribution in [0.3, 0.4) is 0 Å². The van der Waals surface area contributed by atoms with Crippen LogP contribution in [0.2, 0.25) is 0 Å². The number of rotatable bonds is 5. The normalized spacial score (nSPS) is 26.3. The van der Waals surface area contributed by atoms with E-state index in [1.165, 1.54) is 74.5 Å². The Hall–Kier alpha value is -1.74. The molecule has 162 valence electrons. The second kappa shape index (κ2) is 8.78. The van der Waals surface area contributed by atoms with Crippen LogP contribution in [0.4, 0.5) is 0 Å². The lowest BCUT2D eigenvalue weighted by atomic mass is 9.79. The van der Waals surface area contributed by atoms with Crippen LogP contribution < -0.4 is 0 Å². The Kier molecular flexibility index (Phi) is 5.91. The molecule has 30 heavy (non-hydrogen) atoms. The van der Waals surface area contributed by atoms with Crippen molar-refractivity contribution < 1.29 is 0 Å². The highest BCUT2D eigenvalue weighted by atomic mass is 15.2. The van der Waals surface area contributed by atoms with E-state index in [0.29, 0.717) is 6.04 Å². The summed E-state index contributed by atoms with van der Waals surface area (Å²) in [5.74, 6) is 1.83. The molecule has 0 atom stereocenters. The van der Waals surface area contributed by atoms with Crippen LogP contribution in [0.25, 0.3) is 10.9 Å². The minimum Gasteiger partial charge on any atom is -0.373 e. The number of piperidine rings is 1. The Morgan fingerprint density at radius 2 is 1.67 bits per heavy atom. The van der Waals surface area contributed by atoms with Crippen LogP contribution in [0.1, 0.15) is 70.4 Å². The van der Waals surface area contributed by atoms with Crippen molar-refractivity contribution in [1.29, 1.82) is 0 Å². The molecule has 0 radical (unpaired) electrons. The van der Waals surface area contributed by atoms with Crippen molar-refractivity contribution in [3.8, 4) is 0 Å². The maximum Gasteiger partial charge on any atom is 0.0486 e. The van der Waals surface area contributed by atoms with Gasteiger partial charge in [-0.2, -0.15) is 0 Å². The van der Waals surface area contributed by atoms with Gasteiger partial charge in [-0.3, -0.25) is 0 Å². The van der Waals surface area contributed by atoms with E-state index in [4.69, 9.17) is 0 Å². The molecule has 3 nitrogen and oxygen atoms in total. The zero-order valence-corrected chi connectivity index (χ0v) is 19.0. The summed E-state index contributed by atoms with van der Waals surface area (Å²) in [6.07, 6.45) is 16.6. The highest BCUT2D eigenvalue weighted by molar-refractivity contribution is 5.84. The zero-order valence-electron chi connectivity index (χ0n) is 19.0. The van der Waals surface area contributed by atoms with Gasteiger partial charge in [0.1, 0.15) is 0 Å². The van der Waals surface area contributed by atoms with E-state index in [1.807, 2.05) is 0 Å². The summed E-state index contributed by atoms with van der Waals surface area (Å²) in [5, 5.41) is 1.45. The standard InChI is InChI=1S/C27H39N3/c1-21(2)22-9-11-24(12-10-22)29-17-13-25(14-18-29)30-20-23(19-28-15-5-6-16-28)26-7-3-4-8-27(26)30/h3-5,7-8,15,20-22,24-25H,6,9-14,16-19H2,1-2H3/t22-,24+. The van der Waals surface area contributed by atoms with Crippen LogP contribution in [0, 0.1) is 11.8 Å². The Balaban J connectivity index is 1.25. The van der Waals surface area contributed by atoms with E-state index in [2.05, 4.69) is 71.0 Å². The number of aromatic nitrogens is 1. The number of nitrogens with zero attached hydrogens (tertiary/aromatic N) is 3. The fourth-order valence-electron chi connectivity index (χ4n) is 6.26. The minimum atomic E-state index is 0.654. The molecule has 1 aromatic heterocycles. The van der Waals surface area contributed by atoms with Crippen molar-refractivity contribution in [1.82, 2.24) is 14.4 Å². The van der Waals surface area contributed by atoms with Gasteiger partial charge in [0.15, 0.2) is 0 Å². The third-order valence-corrected chi connectivity index (χ3v) is 8.19. The lowest BCUT2D eigenvalue weighted by molar-refractivity contribution is 0.0893. The van der Waals surface area contributed by atoms with E-state index < -0.39 is 0 Å². The topological polar surface area (TPSA) is 11.4 Å². The summed E-state index contributed by atoms with van der Waals surface area (Å²) in [6, 6.07) is 10.6. The zero-order chi connectivity index (χ0) is 20.5. The average molecular weight is 406 g/mol. The first-order chi connectivity index (χ1) is 14.7. The van der Waals surface area contributed by atoms with E-state index >= 15 is 0 Å². The van der Waals surface area contributed by atoms with E-state index in [-0.39, 0.29) is 0 Å². The van der Waals surface area contributed by atoms with Gasteiger partial charge in [-0.15, -0.1) is 0 Å². The second-order valence-electron chi connectivity index (χ2n) is 10.3. The van der Waals surface area contributed by atoms with Gasteiger partial charge in [-0.05, 0) is 74.6 Å². The fourth-order valence-corrected chi connectivity index (χ4v) is 6.26. The molecule has 0 spiro atoms. The molecule has 2 aromatic rings. The van der Waals surface area contributed by atoms with Crippen LogP contribution in [0.15, 0.2) is 42.7 Å². The van der Waals surface area contributed by atoms with E-state index in [9.17, 15) is 0 Å². The summed E-state index contributed by atoms with van der Waals surface area (Å²) >= 11 is 0. The number of para-hydroxylation sites is 1. The quantitative estimate of drug-likeness (QED) is 0.586. The lowest BCUT2D eigenvalue weighted by Crippen LogP contribution is -2.43. The molecule has 0 bridgehead atoms. The van der Waals surface area contributed by atoms with Crippen molar-refractivity contribution in [2.24, 2.45) is 11.8 Å². The highest BCUT2D eigenvalue weighted by Crippen LogP contribution is 2.36. The molecule has 3 heterocycles. The molecule has 1 saturated heterocycles. The molecule has 1 aromatic carbocycles. The SMILES string of the molecule is CC(C)[C@H]1CC[C@@H](N2CCC(n3cc(CN4C=CCC4)c4ccccc43)CC2)CC1. The maximum atomic E-state index is 2.83. The molecule has 3 heteroatoms. The van der Waals surface area contributed by atoms with Gasteiger partial charge in [0.25, 0.3) is 0 Å². The van der Waals surface area contributed by atoms with Gasteiger partial charge in [-0.25, -0.2) is 0 Å². The molecule has 5 rings (SSSR count). The van der Waals surface area contributed by atoms with Crippen molar-refractivity contribution in [3.63, 3.8) is 0 Å². The van der Waals surface area contributed by atoms with Crippen LogP contribution in [0.5, 0.6) is 0 Å². The predicted octanol–water partition coefficient (Wildman–Crippen LogP) is 6.21. The Bertz CT molecular complexity index is 863. The lowest BCUT2D eigenvalue weighted by Gasteiger charge is -2.42. The Morgan fingerprint density at radius 1 is 0.900 bits per heavy atom. The summed E-state index contributed by atoms with van der Waals surface area (Å²) in [4.78, 5) is 5.29. The molecular formula is C27H39N3. The fraction of sp³-hybridized carbons (Fsp3) is 0.630. The Labute approximate surface area is 182 Å². The molecule has 1 aliphatic carbocycles. The predicted molar refractivity (Wildman–Crippen MR) is 127 cm³/mol. The first-order valence-corrected chi connectivity index (χ1v) is 12.4. The number of fused-ring (bicyclic) bond motifs is 1. The summed E-state index contributed by atoms with van der Waals surface area (Å²) in [6.45, 7) is 9.58. The van der Waals surface area contributed by atoms with Gasteiger partial charge in [-0.1, -0.05) is 38.1 Å². The van der Waals surface area contributed by atoms with Gasteiger partial charge in [0, 0.05) is 55.4 Å². The third kappa shape index (κ3) is 4.06. The minimum absolute atomic E-state index is 0.654. The van der Waals surface area contributed by atoms with Crippen LogP contribution >= 0.6 is 0 Å². The number of hydrogen-bond donors (Lipinski definition) is 0. The molecule has 2 aliphatic heterocycles. The second-order valence-corrected chi connectivity index (χ2v) is 10.3. The molecule has 3 aliphatic rings. The van der Waals surface area contributed by atoms with Crippen LogP contribution in [-0.2, 0) is 6.54 Å². The third-order valence-electron chi connectivity index (χ3n) is 8.19. The molecular weight excluding hydrogens is 366 g/mol. The molecule has 0 unspecified atom stereocenters. The van der Waals surface area contributed by atoms with Crippen molar-refractivity contribution in [2.45, 2.75) is 77.4 Å². The average Bonchev–Trinajstić information content (AvgIpc) is 3.43.